The van der Waals surface area contributed by atoms with Crippen molar-refractivity contribution in [3.8, 4) is 0 Å². The minimum absolute atomic E-state index is 0.249. The SMILES string of the molecule is CCOC(=O)C(O)C1CCc2cc(F)ccc21. The van der Waals surface area contributed by atoms with Gasteiger partial charge >= 0.3 is 5.97 Å². The molecule has 92 valence electrons. The first-order chi connectivity index (χ1) is 8.13. The molecule has 2 unspecified atom stereocenters. The lowest BCUT2D eigenvalue weighted by Crippen LogP contribution is -2.28. The molecule has 0 saturated carbocycles. The second-order valence-electron chi connectivity index (χ2n) is 4.19. The molecule has 2 atom stereocenters. The second kappa shape index (κ2) is 4.84. The number of carbonyl (C=O) groups is 1. The van der Waals surface area contributed by atoms with Crippen LogP contribution < -0.4 is 0 Å². The summed E-state index contributed by atoms with van der Waals surface area (Å²) in [4.78, 5) is 11.5. The summed E-state index contributed by atoms with van der Waals surface area (Å²) in [5, 5.41) is 9.90. The zero-order valence-electron chi connectivity index (χ0n) is 9.65. The van der Waals surface area contributed by atoms with Crippen molar-refractivity contribution in [1.82, 2.24) is 0 Å². The summed E-state index contributed by atoms with van der Waals surface area (Å²) >= 11 is 0. The first-order valence-corrected chi connectivity index (χ1v) is 5.76. The molecule has 3 nitrogen and oxygen atoms in total. The Balaban J connectivity index is 2.19. The van der Waals surface area contributed by atoms with E-state index in [1.165, 1.54) is 12.1 Å². The summed E-state index contributed by atoms with van der Waals surface area (Å²) in [6, 6.07) is 4.47. The van der Waals surface area contributed by atoms with E-state index in [1.54, 1.807) is 13.0 Å². The number of fused-ring (bicyclic) bond motifs is 1. The Labute approximate surface area is 99.2 Å². The van der Waals surface area contributed by atoms with Gasteiger partial charge in [0, 0.05) is 5.92 Å². The fourth-order valence-electron chi connectivity index (χ4n) is 2.34. The predicted molar refractivity (Wildman–Crippen MR) is 60.1 cm³/mol. The lowest BCUT2D eigenvalue weighted by atomic mass is 9.95. The summed E-state index contributed by atoms with van der Waals surface area (Å²) in [6.07, 6.45) is 0.189. The number of aliphatic hydroxyl groups excluding tert-OH is 1. The van der Waals surface area contributed by atoms with Crippen molar-refractivity contribution >= 4 is 5.97 Å². The summed E-state index contributed by atoms with van der Waals surface area (Å²) in [7, 11) is 0. The molecular formula is C13H15FO3. The Morgan fingerprint density at radius 1 is 1.65 bits per heavy atom. The number of rotatable bonds is 3. The largest absolute Gasteiger partial charge is 0.464 e. The van der Waals surface area contributed by atoms with Crippen molar-refractivity contribution in [1.29, 1.82) is 0 Å². The maximum absolute atomic E-state index is 13.0. The Morgan fingerprint density at radius 2 is 2.41 bits per heavy atom. The van der Waals surface area contributed by atoms with Gasteiger partial charge in [-0.2, -0.15) is 0 Å². The van der Waals surface area contributed by atoms with Crippen LogP contribution in [0, 0.1) is 5.82 Å². The molecule has 0 aromatic heterocycles. The number of aliphatic hydroxyl groups is 1. The summed E-state index contributed by atoms with van der Waals surface area (Å²) in [6.45, 7) is 1.95. The lowest BCUT2D eigenvalue weighted by Gasteiger charge is -2.17. The first-order valence-electron chi connectivity index (χ1n) is 5.76. The fraction of sp³-hybridized carbons (Fsp3) is 0.462. The summed E-state index contributed by atoms with van der Waals surface area (Å²) in [5.74, 6) is -1.16. The van der Waals surface area contributed by atoms with E-state index >= 15 is 0 Å². The van der Waals surface area contributed by atoms with E-state index in [9.17, 15) is 14.3 Å². The van der Waals surface area contributed by atoms with E-state index < -0.39 is 12.1 Å². The predicted octanol–water partition coefficient (Wildman–Crippen LogP) is 1.78. The van der Waals surface area contributed by atoms with E-state index in [0.717, 1.165) is 11.1 Å². The third kappa shape index (κ3) is 2.31. The van der Waals surface area contributed by atoms with E-state index in [0.29, 0.717) is 12.8 Å². The monoisotopic (exact) mass is 238 g/mol. The molecule has 0 spiro atoms. The Hall–Kier alpha value is -1.42. The number of benzene rings is 1. The molecule has 0 aliphatic heterocycles. The number of carbonyl (C=O) groups excluding carboxylic acids is 1. The summed E-state index contributed by atoms with van der Waals surface area (Å²) in [5.41, 5.74) is 1.73. The van der Waals surface area contributed by atoms with Gasteiger partial charge in [0.2, 0.25) is 0 Å². The van der Waals surface area contributed by atoms with Gasteiger partial charge < -0.3 is 9.84 Å². The normalized spacial score (nSPS) is 19.8. The standard InChI is InChI=1S/C13H15FO3/c1-2-17-13(16)12(15)11-5-3-8-7-9(14)4-6-10(8)11/h4,6-7,11-12,15H,2-3,5H2,1H3. The number of esters is 1. The molecule has 0 heterocycles. The zero-order valence-corrected chi connectivity index (χ0v) is 9.65. The van der Waals surface area contributed by atoms with Crippen LogP contribution >= 0.6 is 0 Å². The van der Waals surface area contributed by atoms with Crippen molar-refractivity contribution < 1.29 is 19.0 Å². The average molecular weight is 238 g/mol. The molecule has 1 N–H and O–H groups in total. The summed E-state index contributed by atoms with van der Waals surface area (Å²) < 4.78 is 17.8. The van der Waals surface area contributed by atoms with Gasteiger partial charge in [0.25, 0.3) is 0 Å². The maximum atomic E-state index is 13.0. The molecule has 17 heavy (non-hydrogen) atoms. The van der Waals surface area contributed by atoms with Crippen molar-refractivity contribution in [2.45, 2.75) is 31.8 Å². The Bertz CT molecular complexity index is 431. The molecule has 2 rings (SSSR count). The molecular weight excluding hydrogens is 223 g/mol. The number of halogens is 1. The number of ether oxygens (including phenoxy) is 1. The van der Waals surface area contributed by atoms with Crippen LogP contribution in [-0.2, 0) is 16.0 Å². The third-order valence-corrected chi connectivity index (χ3v) is 3.14. The van der Waals surface area contributed by atoms with Gasteiger partial charge in [-0.05, 0) is 43.0 Å². The first kappa shape index (κ1) is 12.0. The fourth-order valence-corrected chi connectivity index (χ4v) is 2.34. The van der Waals surface area contributed by atoms with Crippen LogP contribution in [-0.4, -0.2) is 23.8 Å². The molecule has 0 bridgehead atoms. The highest BCUT2D eigenvalue weighted by atomic mass is 19.1. The Morgan fingerprint density at radius 3 is 3.12 bits per heavy atom. The lowest BCUT2D eigenvalue weighted by molar-refractivity contribution is -0.154. The molecule has 0 fully saturated rings. The van der Waals surface area contributed by atoms with Crippen molar-refractivity contribution in [3.05, 3.63) is 35.1 Å². The Kier molecular flexibility index (Phi) is 3.43. The highest BCUT2D eigenvalue weighted by Gasteiger charge is 2.33. The molecule has 0 radical (unpaired) electrons. The van der Waals surface area contributed by atoms with Crippen LogP contribution in [0.25, 0.3) is 0 Å². The second-order valence-corrected chi connectivity index (χ2v) is 4.19. The van der Waals surface area contributed by atoms with Crippen LogP contribution in [0.1, 0.15) is 30.4 Å². The molecule has 0 amide bonds. The van der Waals surface area contributed by atoms with Crippen LogP contribution in [0.2, 0.25) is 0 Å². The van der Waals surface area contributed by atoms with E-state index in [-0.39, 0.29) is 18.3 Å². The molecule has 1 aromatic carbocycles. The number of aryl methyl sites for hydroxylation is 1. The molecule has 1 aliphatic carbocycles. The van der Waals surface area contributed by atoms with Gasteiger partial charge in [0.05, 0.1) is 6.61 Å². The van der Waals surface area contributed by atoms with Crippen molar-refractivity contribution in [2.75, 3.05) is 6.61 Å². The van der Waals surface area contributed by atoms with Crippen molar-refractivity contribution in [2.24, 2.45) is 0 Å². The highest BCUT2D eigenvalue weighted by molar-refractivity contribution is 5.76. The molecule has 1 aromatic rings. The van der Waals surface area contributed by atoms with Gasteiger partial charge in [-0.25, -0.2) is 9.18 Å². The molecule has 0 saturated heterocycles. The van der Waals surface area contributed by atoms with Gasteiger partial charge in [-0.15, -0.1) is 0 Å². The molecule has 1 aliphatic rings. The van der Waals surface area contributed by atoms with Gasteiger partial charge in [-0.1, -0.05) is 6.07 Å². The highest BCUT2D eigenvalue weighted by Crippen LogP contribution is 2.36. The molecule has 4 heteroatoms. The topological polar surface area (TPSA) is 46.5 Å². The van der Waals surface area contributed by atoms with Gasteiger partial charge in [0.15, 0.2) is 6.10 Å². The van der Waals surface area contributed by atoms with E-state index in [1.807, 2.05) is 0 Å². The minimum atomic E-state index is -1.15. The van der Waals surface area contributed by atoms with Crippen molar-refractivity contribution in [3.63, 3.8) is 0 Å². The average Bonchev–Trinajstić information content (AvgIpc) is 2.71. The van der Waals surface area contributed by atoms with Crippen LogP contribution in [0.3, 0.4) is 0 Å². The van der Waals surface area contributed by atoms with E-state index in [2.05, 4.69) is 0 Å². The zero-order chi connectivity index (χ0) is 12.4. The minimum Gasteiger partial charge on any atom is -0.464 e. The van der Waals surface area contributed by atoms with Crippen LogP contribution in [0.4, 0.5) is 4.39 Å². The number of hydrogen-bond acceptors (Lipinski definition) is 3. The van der Waals surface area contributed by atoms with Crippen LogP contribution in [0.15, 0.2) is 18.2 Å². The van der Waals surface area contributed by atoms with Crippen LogP contribution in [0.5, 0.6) is 0 Å². The van der Waals surface area contributed by atoms with Gasteiger partial charge in [-0.3, -0.25) is 0 Å². The quantitative estimate of drug-likeness (QED) is 0.816. The smallest absolute Gasteiger partial charge is 0.335 e. The van der Waals surface area contributed by atoms with E-state index in [4.69, 9.17) is 4.74 Å². The maximum Gasteiger partial charge on any atom is 0.335 e. The van der Waals surface area contributed by atoms with Gasteiger partial charge in [0.1, 0.15) is 5.82 Å². The number of hydrogen-bond donors (Lipinski definition) is 1. The third-order valence-electron chi connectivity index (χ3n) is 3.14.